The molecule has 84 valence electrons. The molecule has 7 heteroatoms. The summed E-state index contributed by atoms with van der Waals surface area (Å²) >= 11 is 0. The van der Waals surface area contributed by atoms with Gasteiger partial charge in [-0.05, 0) is 5.56 Å². The number of hydrogen-bond acceptors (Lipinski definition) is 3. The van der Waals surface area contributed by atoms with E-state index < -0.39 is 21.5 Å². The van der Waals surface area contributed by atoms with Crippen molar-refractivity contribution in [3.05, 3.63) is 35.9 Å². The van der Waals surface area contributed by atoms with E-state index in [1.165, 1.54) is 0 Å². The van der Waals surface area contributed by atoms with Gasteiger partial charge in [0.2, 0.25) is 8.03 Å². The van der Waals surface area contributed by atoms with Crippen molar-refractivity contribution in [1.82, 2.24) is 0 Å². The second-order valence-corrected chi connectivity index (χ2v) is 6.60. The molecule has 15 heavy (non-hydrogen) atoms. The summed E-state index contributed by atoms with van der Waals surface area (Å²) in [5.41, 5.74) is 0.821. The molecule has 2 N–H and O–H groups in total. The Morgan fingerprint density at radius 2 is 1.87 bits per heavy atom. The van der Waals surface area contributed by atoms with Crippen LogP contribution in [0.5, 0.6) is 0 Å². The molecule has 0 aliphatic carbocycles. The lowest BCUT2D eigenvalue weighted by Gasteiger charge is -2.05. The summed E-state index contributed by atoms with van der Waals surface area (Å²) in [6, 6.07) is 9.01. The first-order chi connectivity index (χ1) is 6.97. The third-order valence-electron chi connectivity index (χ3n) is 1.58. The minimum absolute atomic E-state index is 0.110. The van der Waals surface area contributed by atoms with Gasteiger partial charge in [0.25, 0.3) is 0 Å². The summed E-state index contributed by atoms with van der Waals surface area (Å²) in [4.78, 5) is 17.1. The fraction of sp³-hybridized carbons (Fsp3) is 0.250. The summed E-state index contributed by atoms with van der Waals surface area (Å²) in [6.45, 7) is 0.110. The minimum Gasteiger partial charge on any atom is -0.325 e. The Hall–Kier alpha value is -0.440. The van der Waals surface area contributed by atoms with Crippen LogP contribution in [0.4, 0.5) is 0 Å². The Morgan fingerprint density at radius 3 is 2.40 bits per heavy atom. The molecule has 0 bridgehead atoms. The average molecular weight is 250 g/mol. The average Bonchev–Trinajstić information content (AvgIpc) is 2.14. The monoisotopic (exact) mass is 250 g/mol. The van der Waals surface area contributed by atoms with Gasteiger partial charge in [0.15, 0.2) is 0 Å². The van der Waals surface area contributed by atoms with Crippen molar-refractivity contribution in [3.63, 3.8) is 0 Å². The largest absolute Gasteiger partial charge is 0.334 e. The van der Waals surface area contributed by atoms with Crippen LogP contribution >= 0.6 is 15.6 Å². The molecular formula is C8H12O5P2. The molecule has 1 rings (SSSR count). The molecule has 0 spiro atoms. The summed E-state index contributed by atoms with van der Waals surface area (Å²) < 4.78 is 26.5. The zero-order valence-corrected chi connectivity index (χ0v) is 9.76. The fourth-order valence-corrected chi connectivity index (χ4v) is 2.99. The fourth-order valence-electron chi connectivity index (χ4n) is 0.952. The third-order valence-corrected chi connectivity index (χ3v) is 4.72. The number of benzene rings is 1. The van der Waals surface area contributed by atoms with E-state index in [-0.39, 0.29) is 6.61 Å². The second kappa shape index (κ2) is 5.59. The molecule has 1 aromatic carbocycles. The zero-order valence-electron chi connectivity index (χ0n) is 7.87. The van der Waals surface area contributed by atoms with Crippen LogP contribution in [-0.2, 0) is 20.3 Å². The van der Waals surface area contributed by atoms with Crippen LogP contribution in [0.15, 0.2) is 30.3 Å². The molecule has 0 fully saturated rings. The SMILES string of the molecule is O=[PH](CP(=O)(O)O)OCc1ccccc1. The van der Waals surface area contributed by atoms with E-state index in [1.54, 1.807) is 24.3 Å². The van der Waals surface area contributed by atoms with Crippen LogP contribution in [0.2, 0.25) is 0 Å². The lowest BCUT2D eigenvalue weighted by molar-refractivity contribution is 0.317. The van der Waals surface area contributed by atoms with Crippen molar-refractivity contribution >= 4 is 15.6 Å². The maximum Gasteiger partial charge on any atom is 0.334 e. The molecule has 1 aromatic rings. The highest BCUT2D eigenvalue weighted by molar-refractivity contribution is 7.64. The first-order valence-electron chi connectivity index (χ1n) is 4.21. The Morgan fingerprint density at radius 1 is 1.27 bits per heavy atom. The Kier molecular flexibility index (Phi) is 4.71. The molecule has 0 heterocycles. The van der Waals surface area contributed by atoms with Crippen LogP contribution in [0.3, 0.4) is 0 Å². The lowest BCUT2D eigenvalue weighted by Crippen LogP contribution is -1.88. The maximum atomic E-state index is 11.1. The summed E-state index contributed by atoms with van der Waals surface area (Å²) in [7, 11) is -6.89. The molecule has 0 radical (unpaired) electrons. The van der Waals surface area contributed by atoms with Gasteiger partial charge in [-0.15, -0.1) is 0 Å². The molecule has 1 unspecified atom stereocenters. The third kappa shape index (κ3) is 5.88. The van der Waals surface area contributed by atoms with Crippen LogP contribution in [-0.4, -0.2) is 15.7 Å². The van der Waals surface area contributed by atoms with E-state index in [2.05, 4.69) is 0 Å². The van der Waals surface area contributed by atoms with Crippen LogP contribution in [0, 0.1) is 0 Å². The van der Waals surface area contributed by atoms with Crippen molar-refractivity contribution in [3.8, 4) is 0 Å². The van der Waals surface area contributed by atoms with E-state index in [4.69, 9.17) is 14.3 Å². The first kappa shape index (κ1) is 12.6. The molecule has 0 amide bonds. The molecule has 1 atom stereocenters. The van der Waals surface area contributed by atoms with Crippen molar-refractivity contribution in [1.29, 1.82) is 0 Å². The smallest absolute Gasteiger partial charge is 0.325 e. The van der Waals surface area contributed by atoms with Crippen LogP contribution in [0.25, 0.3) is 0 Å². The Balaban J connectivity index is 2.39. The summed E-state index contributed by atoms with van der Waals surface area (Å²) in [6.07, 6.45) is 0. The summed E-state index contributed by atoms with van der Waals surface area (Å²) in [5.74, 6) is -0.690. The molecular weight excluding hydrogens is 238 g/mol. The van der Waals surface area contributed by atoms with Gasteiger partial charge in [0, 0.05) is 0 Å². The normalized spacial score (nSPS) is 13.7. The predicted molar refractivity (Wildman–Crippen MR) is 57.1 cm³/mol. The molecule has 0 aromatic heterocycles. The molecule has 0 aliphatic rings. The van der Waals surface area contributed by atoms with Gasteiger partial charge >= 0.3 is 7.60 Å². The van der Waals surface area contributed by atoms with Gasteiger partial charge in [0.1, 0.15) is 5.90 Å². The highest BCUT2D eigenvalue weighted by Gasteiger charge is 2.17. The molecule has 0 saturated carbocycles. The lowest BCUT2D eigenvalue weighted by atomic mass is 10.2. The quantitative estimate of drug-likeness (QED) is 0.778. The highest BCUT2D eigenvalue weighted by Crippen LogP contribution is 2.45. The maximum absolute atomic E-state index is 11.1. The molecule has 0 saturated heterocycles. The Labute approximate surface area is 88.1 Å². The van der Waals surface area contributed by atoms with Crippen molar-refractivity contribution in [2.75, 3.05) is 5.90 Å². The van der Waals surface area contributed by atoms with Crippen molar-refractivity contribution < 1.29 is 23.4 Å². The molecule has 0 aliphatic heterocycles. The van der Waals surface area contributed by atoms with Crippen LogP contribution in [0.1, 0.15) is 5.56 Å². The van der Waals surface area contributed by atoms with E-state index >= 15 is 0 Å². The van der Waals surface area contributed by atoms with E-state index in [9.17, 15) is 9.13 Å². The topological polar surface area (TPSA) is 83.8 Å². The second-order valence-electron chi connectivity index (χ2n) is 2.97. The standard InChI is InChI=1S/C8H12O5P2/c9-14(7-15(10,11)12)13-6-8-4-2-1-3-5-8/h1-5,14H,6-7H2,(H2,10,11,12). The summed E-state index contributed by atoms with van der Waals surface area (Å²) in [5, 5.41) is 0. The van der Waals surface area contributed by atoms with Gasteiger partial charge in [-0.25, -0.2) is 0 Å². The van der Waals surface area contributed by atoms with Crippen molar-refractivity contribution in [2.45, 2.75) is 6.61 Å². The minimum atomic E-state index is -4.24. The Bertz CT molecular complexity index is 372. The van der Waals surface area contributed by atoms with Gasteiger partial charge in [0.05, 0.1) is 6.61 Å². The zero-order chi connectivity index (χ0) is 11.3. The van der Waals surface area contributed by atoms with Gasteiger partial charge < -0.3 is 14.3 Å². The van der Waals surface area contributed by atoms with E-state index in [0.717, 1.165) is 5.56 Å². The van der Waals surface area contributed by atoms with E-state index in [1.807, 2.05) is 6.07 Å². The predicted octanol–water partition coefficient (Wildman–Crippen LogP) is 1.81. The van der Waals surface area contributed by atoms with Gasteiger partial charge in [-0.3, -0.25) is 9.13 Å². The number of hydrogen-bond donors (Lipinski definition) is 2. The van der Waals surface area contributed by atoms with Crippen LogP contribution < -0.4 is 0 Å². The number of rotatable bonds is 5. The van der Waals surface area contributed by atoms with Gasteiger partial charge in [-0.1, -0.05) is 30.3 Å². The van der Waals surface area contributed by atoms with E-state index in [0.29, 0.717) is 0 Å². The van der Waals surface area contributed by atoms with Crippen molar-refractivity contribution in [2.24, 2.45) is 0 Å². The van der Waals surface area contributed by atoms with Gasteiger partial charge in [-0.2, -0.15) is 0 Å². The first-order valence-corrected chi connectivity index (χ1v) is 7.53. The highest BCUT2D eigenvalue weighted by atomic mass is 31.2. The molecule has 5 nitrogen and oxygen atoms in total.